The number of hydrogen-bond acceptors (Lipinski definition) is 5. The number of nitrogens with one attached hydrogen (secondary N) is 2. The molecule has 1 unspecified atom stereocenters. The number of nitrogens with zero attached hydrogens (tertiary/aromatic N) is 2. The number of rotatable bonds is 6. The topological polar surface area (TPSA) is 83.6 Å². The van der Waals surface area contributed by atoms with E-state index in [2.05, 4.69) is 20.5 Å². The molecule has 7 heteroatoms. The smallest absolute Gasteiger partial charge is 0.252 e. The highest BCUT2D eigenvalue weighted by molar-refractivity contribution is 5.96. The maximum Gasteiger partial charge on any atom is 0.252 e. The minimum Gasteiger partial charge on any atom is -0.493 e. The van der Waals surface area contributed by atoms with Crippen LogP contribution in [-0.4, -0.2) is 48.1 Å². The van der Waals surface area contributed by atoms with Gasteiger partial charge in [-0.05, 0) is 75.1 Å². The van der Waals surface area contributed by atoms with Gasteiger partial charge >= 0.3 is 0 Å². The summed E-state index contributed by atoms with van der Waals surface area (Å²) < 4.78 is 5.75. The summed E-state index contributed by atoms with van der Waals surface area (Å²) in [6, 6.07) is 8.70. The zero-order chi connectivity index (χ0) is 23.2. The molecule has 2 bridgehead atoms. The number of amides is 2. The van der Waals surface area contributed by atoms with E-state index in [1.807, 2.05) is 31.2 Å². The van der Waals surface area contributed by atoms with Crippen LogP contribution in [-0.2, 0) is 6.42 Å². The minimum absolute atomic E-state index is 0.00617. The molecule has 2 amide bonds. The van der Waals surface area contributed by atoms with Crippen LogP contribution in [0.2, 0.25) is 0 Å². The molecule has 3 fully saturated rings. The van der Waals surface area contributed by atoms with Gasteiger partial charge in [0.15, 0.2) is 0 Å². The van der Waals surface area contributed by atoms with Gasteiger partial charge in [-0.25, -0.2) is 4.98 Å². The molecule has 3 atom stereocenters. The highest BCUT2D eigenvalue weighted by atomic mass is 16.5. The molecule has 2 saturated heterocycles. The monoisotopic (exact) mass is 460 g/mol. The predicted molar refractivity (Wildman–Crippen MR) is 129 cm³/mol. The first-order valence-electron chi connectivity index (χ1n) is 12.7. The second kappa shape index (κ2) is 8.60. The lowest BCUT2D eigenvalue weighted by Crippen LogP contribution is -2.50. The average molecular weight is 461 g/mol. The molecule has 4 heterocycles. The summed E-state index contributed by atoms with van der Waals surface area (Å²) in [6.07, 6.45) is 9.09. The fourth-order valence-electron chi connectivity index (χ4n) is 5.92. The Kier molecular flexibility index (Phi) is 5.42. The van der Waals surface area contributed by atoms with Crippen LogP contribution in [0.1, 0.15) is 70.4 Å². The number of carbonyl (C=O) groups is 2. The van der Waals surface area contributed by atoms with Crippen LogP contribution in [0, 0.1) is 12.8 Å². The third-order valence-corrected chi connectivity index (χ3v) is 7.94. The number of benzene rings is 1. The van der Waals surface area contributed by atoms with Gasteiger partial charge in [0.05, 0.1) is 12.2 Å². The van der Waals surface area contributed by atoms with Crippen LogP contribution in [0.25, 0.3) is 0 Å². The highest BCUT2D eigenvalue weighted by Crippen LogP contribution is 2.39. The molecule has 2 N–H and O–H groups in total. The maximum absolute atomic E-state index is 13.1. The van der Waals surface area contributed by atoms with Crippen LogP contribution < -0.4 is 20.3 Å². The van der Waals surface area contributed by atoms with Gasteiger partial charge in [0.25, 0.3) is 11.8 Å². The fourth-order valence-corrected chi connectivity index (χ4v) is 5.92. The number of piperidine rings is 1. The molecule has 7 nitrogen and oxygen atoms in total. The lowest BCUT2D eigenvalue weighted by Gasteiger charge is -2.40. The van der Waals surface area contributed by atoms with Crippen LogP contribution in [0.5, 0.6) is 5.75 Å². The van der Waals surface area contributed by atoms with Crippen LogP contribution in [0.3, 0.4) is 0 Å². The Balaban J connectivity index is 1.09. The van der Waals surface area contributed by atoms with Crippen LogP contribution >= 0.6 is 0 Å². The standard InChI is InChI=1S/C27H32N4O3/c1-16-23(8-4-18-10-11-34-25(16)18)27(33)30-20-12-21-6-7-22(13-20)31(21)24-9-5-19(15-28-24)26(32)29-14-17-2-3-17/h4-5,8-9,15,17,20-22H,2-3,6-7,10-14H2,1H3,(H,29,32)(H,30,33)/t20?,21-,22+. The van der Waals surface area contributed by atoms with Crippen molar-refractivity contribution in [3.8, 4) is 5.75 Å². The van der Waals surface area contributed by atoms with Crippen molar-refractivity contribution in [1.82, 2.24) is 15.6 Å². The van der Waals surface area contributed by atoms with E-state index in [1.165, 1.54) is 18.4 Å². The SMILES string of the molecule is Cc1c(C(=O)NC2C[C@H]3CC[C@@H](C2)N3c2ccc(C(=O)NCC3CC3)cn2)ccc2c1OCC2. The Labute approximate surface area is 200 Å². The van der Waals surface area contributed by atoms with Crippen molar-refractivity contribution < 1.29 is 14.3 Å². The quantitative estimate of drug-likeness (QED) is 0.690. The summed E-state index contributed by atoms with van der Waals surface area (Å²) in [5.74, 6) is 2.44. The van der Waals surface area contributed by atoms with E-state index in [4.69, 9.17) is 4.74 Å². The van der Waals surface area contributed by atoms with Crippen molar-refractivity contribution in [2.45, 2.75) is 70.0 Å². The number of hydrogen-bond donors (Lipinski definition) is 2. The number of ether oxygens (including phenoxy) is 1. The molecule has 0 spiro atoms. The number of pyridine rings is 1. The van der Waals surface area contributed by atoms with Crippen molar-refractivity contribution in [2.24, 2.45) is 5.92 Å². The minimum atomic E-state index is -0.0393. The Bertz CT molecular complexity index is 1100. The normalized spacial score (nSPS) is 25.0. The highest BCUT2D eigenvalue weighted by Gasteiger charge is 2.42. The van der Waals surface area contributed by atoms with Gasteiger partial charge in [0, 0.05) is 48.4 Å². The Hall–Kier alpha value is -3.09. The first kappa shape index (κ1) is 21.4. The predicted octanol–water partition coefficient (Wildman–Crippen LogP) is 3.39. The van der Waals surface area contributed by atoms with Gasteiger partial charge in [-0.3, -0.25) is 9.59 Å². The first-order valence-corrected chi connectivity index (χ1v) is 12.7. The molecule has 3 aliphatic heterocycles. The Morgan fingerprint density at radius 2 is 1.85 bits per heavy atom. The summed E-state index contributed by atoms with van der Waals surface area (Å²) >= 11 is 0. The number of aromatic nitrogens is 1. The largest absolute Gasteiger partial charge is 0.493 e. The molecule has 4 aliphatic rings. The fraction of sp³-hybridized carbons (Fsp3) is 0.519. The zero-order valence-corrected chi connectivity index (χ0v) is 19.7. The molecule has 1 saturated carbocycles. The number of fused-ring (bicyclic) bond motifs is 3. The van der Waals surface area contributed by atoms with E-state index in [1.54, 1.807) is 6.20 Å². The molecule has 34 heavy (non-hydrogen) atoms. The van der Waals surface area contributed by atoms with Gasteiger partial charge < -0.3 is 20.3 Å². The summed E-state index contributed by atoms with van der Waals surface area (Å²) in [6.45, 7) is 3.44. The van der Waals surface area contributed by atoms with Gasteiger partial charge in [0.2, 0.25) is 0 Å². The lowest BCUT2D eigenvalue weighted by atomic mass is 9.96. The van der Waals surface area contributed by atoms with Gasteiger partial charge in [-0.1, -0.05) is 6.07 Å². The van der Waals surface area contributed by atoms with E-state index >= 15 is 0 Å². The van der Waals surface area contributed by atoms with Crippen LogP contribution in [0.15, 0.2) is 30.5 Å². The van der Waals surface area contributed by atoms with Crippen molar-refractivity contribution in [1.29, 1.82) is 0 Å². The summed E-state index contributed by atoms with van der Waals surface area (Å²) in [7, 11) is 0. The Morgan fingerprint density at radius 3 is 2.56 bits per heavy atom. The first-order chi connectivity index (χ1) is 16.6. The van der Waals surface area contributed by atoms with Gasteiger partial charge in [-0.15, -0.1) is 0 Å². The van der Waals surface area contributed by atoms with Gasteiger partial charge in [-0.2, -0.15) is 0 Å². The number of anilines is 1. The van der Waals surface area contributed by atoms with E-state index in [-0.39, 0.29) is 17.9 Å². The van der Waals surface area contributed by atoms with Crippen molar-refractivity contribution in [3.05, 3.63) is 52.7 Å². The molecular weight excluding hydrogens is 428 g/mol. The third-order valence-electron chi connectivity index (χ3n) is 7.94. The van der Waals surface area contributed by atoms with Crippen molar-refractivity contribution >= 4 is 17.6 Å². The molecule has 6 rings (SSSR count). The second-order valence-electron chi connectivity index (χ2n) is 10.3. The molecule has 2 aromatic rings. The second-order valence-corrected chi connectivity index (χ2v) is 10.3. The zero-order valence-electron chi connectivity index (χ0n) is 19.7. The summed E-state index contributed by atoms with van der Waals surface area (Å²) in [5.41, 5.74) is 3.47. The number of carbonyl (C=O) groups excluding carboxylic acids is 2. The Morgan fingerprint density at radius 1 is 1.06 bits per heavy atom. The summed E-state index contributed by atoms with van der Waals surface area (Å²) in [5, 5.41) is 6.30. The molecule has 0 radical (unpaired) electrons. The van der Waals surface area contributed by atoms with Crippen LogP contribution in [0.4, 0.5) is 5.82 Å². The van der Waals surface area contributed by atoms with E-state index in [9.17, 15) is 9.59 Å². The van der Waals surface area contributed by atoms with Crippen molar-refractivity contribution in [3.63, 3.8) is 0 Å². The van der Waals surface area contributed by atoms with E-state index in [0.717, 1.165) is 55.8 Å². The van der Waals surface area contributed by atoms with E-state index < -0.39 is 0 Å². The molecule has 1 aliphatic carbocycles. The molecular formula is C27H32N4O3. The van der Waals surface area contributed by atoms with Gasteiger partial charge in [0.1, 0.15) is 11.6 Å². The molecule has 1 aromatic carbocycles. The lowest BCUT2D eigenvalue weighted by molar-refractivity contribution is 0.0923. The maximum atomic E-state index is 13.1. The third kappa shape index (κ3) is 4.01. The average Bonchev–Trinajstić information content (AvgIpc) is 3.47. The van der Waals surface area contributed by atoms with E-state index in [0.29, 0.717) is 35.7 Å². The van der Waals surface area contributed by atoms with Crippen molar-refractivity contribution in [2.75, 3.05) is 18.1 Å². The summed E-state index contributed by atoms with van der Waals surface area (Å²) in [4.78, 5) is 32.5. The molecule has 1 aromatic heterocycles. The molecule has 178 valence electrons.